The second-order valence-electron chi connectivity index (χ2n) is 7.76. The van der Waals surface area contributed by atoms with E-state index in [9.17, 15) is 0 Å². The largest absolute Gasteiger partial charge is 0.323 e. The van der Waals surface area contributed by atoms with Crippen LogP contribution in [0.3, 0.4) is 0 Å². The molecule has 4 aliphatic heterocycles. The third-order valence-corrected chi connectivity index (χ3v) is 6.70. The Hall–Kier alpha value is -0.0800. The van der Waals surface area contributed by atoms with Gasteiger partial charge in [-0.3, -0.25) is 4.90 Å². The average Bonchev–Trinajstić information content (AvgIpc) is 2.38. The number of hydrogen-bond donors (Lipinski definition) is 0. The van der Waals surface area contributed by atoms with Crippen LogP contribution in [0.4, 0.5) is 0 Å². The lowest BCUT2D eigenvalue weighted by Crippen LogP contribution is -2.70. The minimum atomic E-state index is 0.966. The van der Waals surface area contributed by atoms with Crippen molar-refractivity contribution in [3.8, 4) is 0 Å². The lowest BCUT2D eigenvalue weighted by atomic mass is 9.70. The van der Waals surface area contributed by atoms with E-state index in [1.807, 2.05) is 0 Å². The normalized spacial score (nSPS) is 52.5. The lowest BCUT2D eigenvalue weighted by Gasteiger charge is -2.60. The summed E-state index contributed by atoms with van der Waals surface area (Å²) in [4.78, 5) is 2.89. The fourth-order valence-electron chi connectivity index (χ4n) is 5.99. The number of rotatable bonds is 0. The SMILES string of the molecule is C[N+]12CCCC[C@@H]1[C@H]1C[C@H](C2)[C@H]2CCCCN2C1. The fraction of sp³-hybridized carbons (Fsp3) is 1.00. The minimum Gasteiger partial charge on any atom is -0.323 e. The molecule has 18 heavy (non-hydrogen) atoms. The molecule has 0 saturated carbocycles. The smallest absolute Gasteiger partial charge is 0.0929 e. The number of fused-ring (bicyclic) bond motifs is 6. The Kier molecular flexibility index (Phi) is 2.74. The molecule has 4 aliphatic rings. The van der Waals surface area contributed by atoms with Crippen LogP contribution in [-0.4, -0.2) is 54.7 Å². The molecule has 0 radical (unpaired) electrons. The first-order chi connectivity index (χ1) is 8.76. The first-order valence-electron chi connectivity index (χ1n) is 8.34. The molecular formula is C16H29N2+. The maximum absolute atomic E-state index is 2.89. The molecular weight excluding hydrogens is 220 g/mol. The van der Waals surface area contributed by atoms with Crippen molar-refractivity contribution in [2.75, 3.05) is 33.2 Å². The second-order valence-corrected chi connectivity index (χ2v) is 7.76. The number of quaternary nitrogens is 1. The predicted molar refractivity (Wildman–Crippen MR) is 74.4 cm³/mol. The Bertz CT molecular complexity index is 329. The zero-order valence-electron chi connectivity index (χ0n) is 12.0. The molecule has 0 N–H and O–H groups in total. The van der Waals surface area contributed by atoms with E-state index in [2.05, 4.69) is 11.9 Å². The summed E-state index contributed by atoms with van der Waals surface area (Å²) in [5.74, 6) is 2.06. The van der Waals surface area contributed by atoms with Crippen molar-refractivity contribution < 1.29 is 4.48 Å². The number of piperidine rings is 4. The number of hydrogen-bond acceptors (Lipinski definition) is 1. The van der Waals surface area contributed by atoms with Crippen molar-refractivity contribution >= 4 is 0 Å². The van der Waals surface area contributed by atoms with Gasteiger partial charge in [-0.05, 0) is 45.1 Å². The Labute approximate surface area is 112 Å². The Balaban J connectivity index is 1.61. The van der Waals surface area contributed by atoms with Gasteiger partial charge in [0.15, 0.2) is 0 Å². The molecule has 0 aromatic rings. The average molecular weight is 249 g/mol. The summed E-state index contributed by atoms with van der Waals surface area (Å²) in [5.41, 5.74) is 0. The zero-order valence-corrected chi connectivity index (χ0v) is 12.0. The molecule has 102 valence electrons. The highest BCUT2D eigenvalue weighted by Gasteiger charge is 2.53. The van der Waals surface area contributed by atoms with Crippen molar-refractivity contribution in [1.82, 2.24) is 4.90 Å². The third kappa shape index (κ3) is 1.68. The summed E-state index contributed by atoms with van der Waals surface area (Å²) in [6, 6.07) is 1.98. The van der Waals surface area contributed by atoms with Crippen molar-refractivity contribution in [2.45, 2.75) is 57.0 Å². The van der Waals surface area contributed by atoms with Gasteiger partial charge in [0, 0.05) is 24.4 Å². The number of nitrogens with zero attached hydrogens (tertiary/aromatic N) is 2. The quantitative estimate of drug-likeness (QED) is 0.596. The first-order valence-corrected chi connectivity index (χ1v) is 8.34. The summed E-state index contributed by atoms with van der Waals surface area (Å²) >= 11 is 0. The maximum atomic E-state index is 2.89. The van der Waals surface area contributed by atoms with Crippen LogP contribution in [0.25, 0.3) is 0 Å². The zero-order chi connectivity index (χ0) is 12.2. The second kappa shape index (κ2) is 4.21. The molecule has 0 aliphatic carbocycles. The Morgan fingerprint density at radius 1 is 1.00 bits per heavy atom. The van der Waals surface area contributed by atoms with E-state index in [1.54, 1.807) is 6.42 Å². The van der Waals surface area contributed by atoms with E-state index in [0.29, 0.717) is 0 Å². The van der Waals surface area contributed by atoms with E-state index in [1.165, 1.54) is 69.2 Å². The first kappa shape index (κ1) is 11.7. The van der Waals surface area contributed by atoms with Gasteiger partial charge in [-0.25, -0.2) is 0 Å². The van der Waals surface area contributed by atoms with E-state index in [0.717, 1.165) is 23.9 Å². The van der Waals surface area contributed by atoms with E-state index in [4.69, 9.17) is 0 Å². The van der Waals surface area contributed by atoms with Crippen LogP contribution < -0.4 is 0 Å². The van der Waals surface area contributed by atoms with Crippen LogP contribution in [0.15, 0.2) is 0 Å². The molecule has 0 amide bonds. The standard InChI is InChI=1S/C16H29N2/c1-18-9-5-3-7-16(18)13-10-14(12-18)15-6-2-4-8-17(15)11-13/h13-16H,2-12H2,1H3/q+1/t13-,14+,15+,16+,18?/m0/s1. The summed E-state index contributed by atoms with van der Waals surface area (Å²) in [6.45, 7) is 5.83. The van der Waals surface area contributed by atoms with Gasteiger partial charge in [0.05, 0.1) is 26.2 Å². The van der Waals surface area contributed by atoms with Crippen molar-refractivity contribution in [3.63, 3.8) is 0 Å². The van der Waals surface area contributed by atoms with Crippen molar-refractivity contribution in [3.05, 3.63) is 0 Å². The van der Waals surface area contributed by atoms with E-state index >= 15 is 0 Å². The van der Waals surface area contributed by atoms with Crippen LogP contribution >= 0.6 is 0 Å². The molecule has 0 spiro atoms. The molecule has 4 heterocycles. The van der Waals surface area contributed by atoms with E-state index < -0.39 is 0 Å². The summed E-state index contributed by atoms with van der Waals surface area (Å²) in [6.07, 6.45) is 10.5. The molecule has 4 saturated heterocycles. The molecule has 4 rings (SSSR count). The maximum Gasteiger partial charge on any atom is 0.0929 e. The van der Waals surface area contributed by atoms with Crippen LogP contribution in [0.1, 0.15) is 44.9 Å². The highest BCUT2D eigenvalue weighted by atomic mass is 15.4. The summed E-state index contributed by atoms with van der Waals surface area (Å²) in [5, 5.41) is 0. The van der Waals surface area contributed by atoms with Gasteiger partial charge in [0.2, 0.25) is 0 Å². The van der Waals surface area contributed by atoms with Gasteiger partial charge in [0.1, 0.15) is 0 Å². The summed E-state index contributed by atoms with van der Waals surface area (Å²) < 4.78 is 1.44. The topological polar surface area (TPSA) is 3.24 Å². The molecule has 1 unspecified atom stereocenters. The van der Waals surface area contributed by atoms with Gasteiger partial charge >= 0.3 is 0 Å². The van der Waals surface area contributed by atoms with Crippen molar-refractivity contribution in [2.24, 2.45) is 11.8 Å². The van der Waals surface area contributed by atoms with Crippen LogP contribution in [-0.2, 0) is 0 Å². The van der Waals surface area contributed by atoms with Crippen LogP contribution in [0.5, 0.6) is 0 Å². The van der Waals surface area contributed by atoms with Gasteiger partial charge in [0.25, 0.3) is 0 Å². The lowest BCUT2D eigenvalue weighted by molar-refractivity contribution is -0.951. The Morgan fingerprint density at radius 2 is 1.89 bits per heavy atom. The molecule has 4 fully saturated rings. The molecule has 2 bridgehead atoms. The van der Waals surface area contributed by atoms with Gasteiger partial charge in [-0.1, -0.05) is 6.42 Å². The molecule has 0 aromatic carbocycles. The minimum absolute atomic E-state index is 0.966. The summed E-state index contributed by atoms with van der Waals surface area (Å²) in [7, 11) is 2.58. The third-order valence-electron chi connectivity index (χ3n) is 6.70. The molecule has 2 nitrogen and oxygen atoms in total. The predicted octanol–water partition coefficient (Wildman–Crippen LogP) is 2.49. The van der Waals surface area contributed by atoms with Gasteiger partial charge in [-0.2, -0.15) is 0 Å². The fourth-order valence-corrected chi connectivity index (χ4v) is 5.99. The van der Waals surface area contributed by atoms with Crippen LogP contribution in [0.2, 0.25) is 0 Å². The highest BCUT2D eigenvalue weighted by Crippen LogP contribution is 2.45. The molecule has 2 heteroatoms. The molecule has 5 atom stereocenters. The Morgan fingerprint density at radius 3 is 2.83 bits per heavy atom. The monoisotopic (exact) mass is 249 g/mol. The van der Waals surface area contributed by atoms with Crippen LogP contribution in [0, 0.1) is 11.8 Å². The molecule has 0 aromatic heterocycles. The van der Waals surface area contributed by atoms with Gasteiger partial charge < -0.3 is 4.48 Å². The van der Waals surface area contributed by atoms with Crippen molar-refractivity contribution in [1.29, 1.82) is 0 Å². The van der Waals surface area contributed by atoms with E-state index in [-0.39, 0.29) is 0 Å². The highest BCUT2D eigenvalue weighted by molar-refractivity contribution is 4.96. The van der Waals surface area contributed by atoms with Gasteiger partial charge in [-0.15, -0.1) is 0 Å².